The Morgan fingerprint density at radius 1 is 1.29 bits per heavy atom. The minimum atomic E-state index is -3.60. The number of hydrogen-bond acceptors (Lipinski definition) is 4. The molecule has 3 atom stereocenters. The molecule has 1 aromatic heterocycles. The molecule has 2 aliphatic carbocycles. The highest BCUT2D eigenvalue weighted by Gasteiger charge is 2.61. The Hall–Kier alpha value is -0.720. The number of nitrogens with zero attached hydrogens (tertiary/aromatic N) is 2. The van der Waals surface area contributed by atoms with Crippen LogP contribution in [0.1, 0.15) is 40.0 Å². The highest BCUT2D eigenvalue weighted by molar-refractivity contribution is 7.89. The quantitative estimate of drug-likeness (QED) is 0.865. The maximum Gasteiger partial charge on any atom is 0.243 e. The second kappa shape index (κ2) is 4.64. The van der Waals surface area contributed by atoms with E-state index in [0.717, 1.165) is 12.8 Å². The van der Waals surface area contributed by atoms with Gasteiger partial charge in [0.05, 0.1) is 12.4 Å². The van der Waals surface area contributed by atoms with E-state index in [2.05, 4.69) is 35.5 Å². The van der Waals surface area contributed by atoms with E-state index in [1.165, 1.54) is 18.8 Å². The molecule has 0 spiro atoms. The largest absolute Gasteiger partial charge is 0.243 e. The molecule has 21 heavy (non-hydrogen) atoms. The summed E-state index contributed by atoms with van der Waals surface area (Å²) in [7, 11) is -3.60. The summed E-state index contributed by atoms with van der Waals surface area (Å²) in [6.07, 6.45) is 5.65. The summed E-state index contributed by atoms with van der Waals surface area (Å²) in [6.45, 7) is 6.71. The molecule has 116 valence electrons. The van der Waals surface area contributed by atoms with Crippen LogP contribution < -0.4 is 4.72 Å². The van der Waals surface area contributed by atoms with Gasteiger partial charge in [-0.2, -0.15) is 0 Å². The minimum absolute atomic E-state index is 0.00197. The Bertz CT molecular complexity index is 659. The average Bonchev–Trinajstić information content (AvgIpc) is 2.72. The molecular formula is C14H20ClN3O2S. The fraction of sp³-hybridized carbons (Fsp3) is 0.714. The third-order valence-electron chi connectivity index (χ3n) is 6.00. The molecule has 0 saturated heterocycles. The highest BCUT2D eigenvalue weighted by Crippen LogP contribution is 2.65. The van der Waals surface area contributed by atoms with Gasteiger partial charge < -0.3 is 0 Å². The summed E-state index contributed by atoms with van der Waals surface area (Å²) in [4.78, 5) is 7.56. The van der Waals surface area contributed by atoms with Gasteiger partial charge in [-0.3, -0.25) is 0 Å². The van der Waals surface area contributed by atoms with Crippen LogP contribution >= 0.6 is 11.6 Å². The van der Waals surface area contributed by atoms with Gasteiger partial charge in [-0.25, -0.2) is 23.1 Å². The van der Waals surface area contributed by atoms with Crippen molar-refractivity contribution in [2.45, 2.75) is 51.0 Å². The first-order valence-corrected chi connectivity index (χ1v) is 9.03. The molecule has 3 rings (SSSR count). The fourth-order valence-electron chi connectivity index (χ4n) is 4.08. The van der Waals surface area contributed by atoms with Crippen LogP contribution in [0.15, 0.2) is 17.3 Å². The summed E-state index contributed by atoms with van der Waals surface area (Å²) in [6, 6.07) is -0.0353. The zero-order chi connectivity index (χ0) is 15.5. The third kappa shape index (κ3) is 2.19. The number of sulfonamides is 1. The van der Waals surface area contributed by atoms with E-state index in [-0.39, 0.29) is 27.1 Å². The highest BCUT2D eigenvalue weighted by atomic mass is 35.5. The van der Waals surface area contributed by atoms with Crippen LogP contribution in [-0.4, -0.2) is 24.4 Å². The van der Waals surface area contributed by atoms with E-state index in [9.17, 15) is 8.42 Å². The van der Waals surface area contributed by atoms with Crippen LogP contribution in [0.4, 0.5) is 0 Å². The molecule has 0 amide bonds. The zero-order valence-electron chi connectivity index (χ0n) is 12.4. The lowest BCUT2D eigenvalue weighted by atomic mass is 9.69. The summed E-state index contributed by atoms with van der Waals surface area (Å²) >= 11 is 5.61. The molecule has 7 heteroatoms. The monoisotopic (exact) mass is 329 g/mol. The van der Waals surface area contributed by atoms with Gasteiger partial charge in [0.15, 0.2) is 0 Å². The summed E-state index contributed by atoms with van der Waals surface area (Å²) in [5.74, 6) is 0.580. The lowest BCUT2D eigenvalue weighted by Gasteiger charge is -2.39. The molecule has 1 heterocycles. The summed E-state index contributed by atoms with van der Waals surface area (Å²) in [5, 5.41) is 0.0435. The summed E-state index contributed by atoms with van der Waals surface area (Å²) in [5.41, 5.74) is 0.161. The van der Waals surface area contributed by atoms with E-state index in [0.29, 0.717) is 5.92 Å². The number of halogens is 1. The molecule has 2 saturated carbocycles. The van der Waals surface area contributed by atoms with E-state index in [1.54, 1.807) is 0 Å². The second-order valence-electron chi connectivity index (χ2n) is 6.97. The van der Waals surface area contributed by atoms with Gasteiger partial charge in [-0.05, 0) is 47.6 Å². The molecule has 2 fully saturated rings. The van der Waals surface area contributed by atoms with Crippen molar-refractivity contribution >= 4 is 21.6 Å². The third-order valence-corrected chi connectivity index (χ3v) is 7.62. The van der Waals surface area contributed by atoms with Gasteiger partial charge in [0.1, 0.15) is 4.90 Å². The van der Waals surface area contributed by atoms with Crippen molar-refractivity contribution in [3.8, 4) is 0 Å². The van der Waals surface area contributed by atoms with Crippen molar-refractivity contribution in [2.24, 2.45) is 16.7 Å². The Morgan fingerprint density at radius 3 is 2.38 bits per heavy atom. The maximum atomic E-state index is 12.5. The lowest BCUT2D eigenvalue weighted by molar-refractivity contribution is 0.130. The number of nitrogens with one attached hydrogen (secondary N) is 1. The van der Waals surface area contributed by atoms with Gasteiger partial charge in [-0.1, -0.05) is 20.8 Å². The van der Waals surface area contributed by atoms with Crippen LogP contribution in [0.3, 0.4) is 0 Å². The SMILES string of the molecule is CC1(C)C2CCC1(C)C(NS(=O)(=O)c1cnc(Cl)nc1)C2. The Labute approximate surface area is 130 Å². The van der Waals surface area contributed by atoms with Crippen LogP contribution in [0.2, 0.25) is 5.28 Å². The Balaban J connectivity index is 1.86. The van der Waals surface area contributed by atoms with Gasteiger partial charge in [0.25, 0.3) is 0 Å². The van der Waals surface area contributed by atoms with Crippen molar-refractivity contribution < 1.29 is 8.42 Å². The second-order valence-corrected chi connectivity index (χ2v) is 9.02. The molecule has 1 N–H and O–H groups in total. The van der Waals surface area contributed by atoms with Crippen LogP contribution in [0.25, 0.3) is 0 Å². The predicted octanol–water partition coefficient (Wildman–Crippen LogP) is 2.62. The van der Waals surface area contributed by atoms with Gasteiger partial charge in [0.2, 0.25) is 15.3 Å². The standard InChI is InChI=1S/C14H20ClN3O2S/c1-13(2)9-4-5-14(13,3)11(6-9)18-21(19,20)10-7-16-12(15)17-8-10/h7-9,11,18H,4-6H2,1-3H3. The molecular weight excluding hydrogens is 310 g/mol. The van der Waals surface area contributed by atoms with Gasteiger partial charge in [0, 0.05) is 6.04 Å². The molecule has 0 radical (unpaired) electrons. The number of fused-ring (bicyclic) bond motifs is 2. The molecule has 0 aliphatic heterocycles. The van der Waals surface area contributed by atoms with Crippen molar-refractivity contribution in [3.05, 3.63) is 17.7 Å². The number of hydrogen-bond donors (Lipinski definition) is 1. The molecule has 2 bridgehead atoms. The van der Waals surface area contributed by atoms with E-state index in [1.807, 2.05) is 0 Å². The van der Waals surface area contributed by atoms with Gasteiger partial charge in [-0.15, -0.1) is 0 Å². The fourth-order valence-corrected chi connectivity index (χ4v) is 5.42. The van der Waals surface area contributed by atoms with Crippen molar-refractivity contribution in [1.29, 1.82) is 0 Å². The normalized spacial score (nSPS) is 34.3. The first-order chi connectivity index (χ1) is 9.67. The summed E-state index contributed by atoms with van der Waals surface area (Å²) < 4.78 is 27.9. The Kier molecular flexibility index (Phi) is 3.35. The first kappa shape index (κ1) is 15.2. The maximum absolute atomic E-state index is 12.5. The smallest absolute Gasteiger partial charge is 0.225 e. The van der Waals surface area contributed by atoms with E-state index >= 15 is 0 Å². The van der Waals surface area contributed by atoms with Crippen LogP contribution in [0.5, 0.6) is 0 Å². The molecule has 2 aliphatic rings. The number of rotatable bonds is 3. The Morgan fingerprint density at radius 2 is 1.90 bits per heavy atom. The molecule has 3 unspecified atom stereocenters. The zero-order valence-corrected chi connectivity index (χ0v) is 14.0. The van der Waals surface area contributed by atoms with Crippen molar-refractivity contribution in [3.63, 3.8) is 0 Å². The van der Waals surface area contributed by atoms with Crippen molar-refractivity contribution in [1.82, 2.24) is 14.7 Å². The van der Waals surface area contributed by atoms with Crippen molar-refractivity contribution in [2.75, 3.05) is 0 Å². The van der Waals surface area contributed by atoms with Crippen LogP contribution in [0, 0.1) is 16.7 Å². The van der Waals surface area contributed by atoms with E-state index in [4.69, 9.17) is 11.6 Å². The molecule has 1 aromatic rings. The first-order valence-electron chi connectivity index (χ1n) is 7.17. The topological polar surface area (TPSA) is 72.0 Å². The number of aromatic nitrogens is 2. The van der Waals surface area contributed by atoms with Gasteiger partial charge >= 0.3 is 0 Å². The molecule has 5 nitrogen and oxygen atoms in total. The van der Waals surface area contributed by atoms with Crippen LogP contribution in [-0.2, 0) is 10.0 Å². The molecule has 0 aromatic carbocycles. The lowest BCUT2D eigenvalue weighted by Crippen LogP contribution is -2.46. The minimum Gasteiger partial charge on any atom is -0.225 e. The average molecular weight is 330 g/mol. The predicted molar refractivity (Wildman–Crippen MR) is 80.4 cm³/mol. The van der Waals surface area contributed by atoms with E-state index < -0.39 is 10.0 Å².